The van der Waals surface area contributed by atoms with Crippen molar-refractivity contribution in [3.63, 3.8) is 0 Å². The van der Waals surface area contributed by atoms with Crippen LogP contribution in [0, 0.1) is 0 Å². The Morgan fingerprint density at radius 2 is 1.95 bits per heavy atom. The summed E-state index contributed by atoms with van der Waals surface area (Å²) in [6.07, 6.45) is 0. The topological polar surface area (TPSA) is 60.2 Å². The van der Waals surface area contributed by atoms with Gasteiger partial charge in [-0.05, 0) is 36.8 Å². The minimum Gasteiger partial charge on any atom is -0.476 e. The highest BCUT2D eigenvalue weighted by atomic mass is 79.9. The highest BCUT2D eigenvalue weighted by Crippen LogP contribution is 2.21. The van der Waals surface area contributed by atoms with Crippen molar-refractivity contribution in [1.29, 1.82) is 0 Å². The summed E-state index contributed by atoms with van der Waals surface area (Å²) >= 11 is 3.41. The van der Waals surface area contributed by atoms with Crippen LogP contribution in [0.2, 0.25) is 0 Å². The smallest absolute Gasteiger partial charge is 0.239 e. The molecule has 0 fully saturated rings. The number of hydrogen-bond donors (Lipinski definition) is 2. The molecule has 0 amide bonds. The average Bonchev–Trinajstić information content (AvgIpc) is 2.42. The van der Waals surface area contributed by atoms with Crippen molar-refractivity contribution in [2.24, 2.45) is 0 Å². The third kappa shape index (κ3) is 3.86. The number of nitrogens with one attached hydrogen (secondary N) is 1. The zero-order valence-electron chi connectivity index (χ0n) is 10.7. The first-order chi connectivity index (χ1) is 9.19. The minimum absolute atomic E-state index is 0.475. The summed E-state index contributed by atoms with van der Waals surface area (Å²) < 4.78 is 6.43. The number of anilines is 2. The SMILES string of the molecule is CCOc1nc(NCc2ccc(Br)cc2)ccc1N. The lowest BCUT2D eigenvalue weighted by molar-refractivity contribution is 0.329. The molecule has 1 aromatic heterocycles. The molecule has 1 heterocycles. The Hall–Kier alpha value is -1.75. The molecule has 0 saturated carbocycles. The summed E-state index contributed by atoms with van der Waals surface area (Å²) in [5.41, 5.74) is 7.51. The molecule has 4 nitrogen and oxygen atoms in total. The molecule has 0 aliphatic heterocycles. The van der Waals surface area contributed by atoms with Gasteiger partial charge in [0.1, 0.15) is 5.82 Å². The number of aromatic nitrogens is 1. The molecule has 1 aromatic carbocycles. The van der Waals surface area contributed by atoms with E-state index in [1.807, 2.05) is 25.1 Å². The Labute approximate surface area is 121 Å². The van der Waals surface area contributed by atoms with E-state index >= 15 is 0 Å². The second-order valence-electron chi connectivity index (χ2n) is 4.00. The summed E-state index contributed by atoms with van der Waals surface area (Å²) in [6, 6.07) is 11.8. The van der Waals surface area contributed by atoms with Crippen LogP contribution < -0.4 is 15.8 Å². The fourth-order valence-corrected chi connectivity index (χ4v) is 1.86. The second-order valence-corrected chi connectivity index (χ2v) is 4.92. The Morgan fingerprint density at radius 1 is 1.21 bits per heavy atom. The number of halogens is 1. The molecule has 19 heavy (non-hydrogen) atoms. The fourth-order valence-electron chi connectivity index (χ4n) is 1.60. The van der Waals surface area contributed by atoms with Crippen molar-refractivity contribution in [1.82, 2.24) is 4.98 Å². The van der Waals surface area contributed by atoms with Gasteiger partial charge in [0.2, 0.25) is 5.88 Å². The van der Waals surface area contributed by atoms with Crippen LogP contribution in [-0.4, -0.2) is 11.6 Å². The van der Waals surface area contributed by atoms with Gasteiger partial charge in [0.25, 0.3) is 0 Å². The van der Waals surface area contributed by atoms with E-state index in [1.54, 1.807) is 6.07 Å². The lowest BCUT2D eigenvalue weighted by Gasteiger charge is -2.10. The Kier molecular flexibility index (Phi) is 4.63. The molecule has 0 unspecified atom stereocenters. The van der Waals surface area contributed by atoms with E-state index in [0.717, 1.165) is 10.3 Å². The van der Waals surface area contributed by atoms with E-state index < -0.39 is 0 Å². The van der Waals surface area contributed by atoms with Crippen LogP contribution in [0.5, 0.6) is 5.88 Å². The molecule has 0 radical (unpaired) electrons. The summed E-state index contributed by atoms with van der Waals surface area (Å²) in [7, 11) is 0. The maximum absolute atomic E-state index is 5.78. The van der Waals surface area contributed by atoms with Crippen LogP contribution in [0.1, 0.15) is 12.5 Å². The molecule has 3 N–H and O–H groups in total. The lowest BCUT2D eigenvalue weighted by Crippen LogP contribution is -2.04. The van der Waals surface area contributed by atoms with Gasteiger partial charge < -0.3 is 15.8 Å². The van der Waals surface area contributed by atoms with Gasteiger partial charge in [-0.1, -0.05) is 28.1 Å². The summed E-state index contributed by atoms with van der Waals surface area (Å²) in [6.45, 7) is 3.16. The first-order valence-corrected chi connectivity index (χ1v) is 6.86. The normalized spacial score (nSPS) is 10.2. The number of nitrogens with two attached hydrogens (primary N) is 1. The van der Waals surface area contributed by atoms with Gasteiger partial charge in [-0.2, -0.15) is 4.98 Å². The fraction of sp³-hybridized carbons (Fsp3) is 0.214. The van der Waals surface area contributed by atoms with E-state index in [-0.39, 0.29) is 0 Å². The first-order valence-electron chi connectivity index (χ1n) is 6.06. The first kappa shape index (κ1) is 13.7. The molecule has 0 saturated heterocycles. The predicted molar refractivity (Wildman–Crippen MR) is 81.3 cm³/mol. The monoisotopic (exact) mass is 321 g/mol. The average molecular weight is 322 g/mol. The van der Waals surface area contributed by atoms with Gasteiger partial charge in [-0.3, -0.25) is 0 Å². The number of pyridine rings is 1. The Bertz CT molecular complexity index is 543. The Balaban J connectivity index is 2.03. The maximum atomic E-state index is 5.78. The van der Waals surface area contributed by atoms with E-state index in [1.165, 1.54) is 5.56 Å². The molecule has 2 aromatic rings. The van der Waals surface area contributed by atoms with Crippen LogP contribution in [0.15, 0.2) is 40.9 Å². The minimum atomic E-state index is 0.475. The summed E-state index contributed by atoms with van der Waals surface area (Å²) in [5.74, 6) is 1.23. The maximum Gasteiger partial charge on any atom is 0.239 e. The van der Waals surface area contributed by atoms with Crippen LogP contribution in [0.3, 0.4) is 0 Å². The van der Waals surface area contributed by atoms with Gasteiger partial charge in [-0.15, -0.1) is 0 Å². The van der Waals surface area contributed by atoms with Crippen LogP contribution in [0.25, 0.3) is 0 Å². The largest absolute Gasteiger partial charge is 0.476 e. The molecule has 0 aliphatic carbocycles. The van der Waals surface area contributed by atoms with E-state index in [2.05, 4.69) is 38.4 Å². The van der Waals surface area contributed by atoms with Crippen molar-refractivity contribution in [2.45, 2.75) is 13.5 Å². The van der Waals surface area contributed by atoms with Gasteiger partial charge in [-0.25, -0.2) is 0 Å². The van der Waals surface area contributed by atoms with E-state index in [9.17, 15) is 0 Å². The molecule has 0 atom stereocenters. The van der Waals surface area contributed by atoms with Crippen molar-refractivity contribution < 1.29 is 4.74 Å². The molecular formula is C14H16BrN3O. The molecule has 5 heteroatoms. The van der Waals surface area contributed by atoms with Gasteiger partial charge >= 0.3 is 0 Å². The van der Waals surface area contributed by atoms with Crippen LogP contribution in [-0.2, 0) is 6.54 Å². The van der Waals surface area contributed by atoms with E-state index in [0.29, 0.717) is 24.7 Å². The Morgan fingerprint density at radius 3 is 2.63 bits per heavy atom. The van der Waals surface area contributed by atoms with Gasteiger partial charge in [0.15, 0.2) is 0 Å². The summed E-state index contributed by atoms with van der Waals surface area (Å²) in [4.78, 5) is 4.33. The zero-order chi connectivity index (χ0) is 13.7. The number of ether oxygens (including phenoxy) is 1. The third-order valence-corrected chi connectivity index (χ3v) is 3.09. The van der Waals surface area contributed by atoms with Gasteiger partial charge in [0.05, 0.1) is 12.3 Å². The molecule has 0 bridgehead atoms. The van der Waals surface area contributed by atoms with Crippen LogP contribution >= 0.6 is 15.9 Å². The highest BCUT2D eigenvalue weighted by molar-refractivity contribution is 9.10. The zero-order valence-corrected chi connectivity index (χ0v) is 12.3. The van der Waals surface area contributed by atoms with Crippen molar-refractivity contribution >= 4 is 27.4 Å². The molecule has 0 spiro atoms. The standard InChI is InChI=1S/C14H16BrN3O/c1-2-19-14-12(16)7-8-13(18-14)17-9-10-3-5-11(15)6-4-10/h3-8H,2,9,16H2,1H3,(H,17,18). The van der Waals surface area contributed by atoms with Crippen molar-refractivity contribution in [2.75, 3.05) is 17.7 Å². The molecular weight excluding hydrogens is 306 g/mol. The van der Waals surface area contributed by atoms with E-state index in [4.69, 9.17) is 10.5 Å². The highest BCUT2D eigenvalue weighted by Gasteiger charge is 2.03. The summed E-state index contributed by atoms with van der Waals surface area (Å²) in [5, 5.41) is 3.24. The van der Waals surface area contributed by atoms with Crippen molar-refractivity contribution in [3.05, 3.63) is 46.4 Å². The molecule has 100 valence electrons. The number of nitrogen functional groups attached to an aromatic ring is 1. The van der Waals surface area contributed by atoms with Crippen LogP contribution in [0.4, 0.5) is 11.5 Å². The third-order valence-electron chi connectivity index (χ3n) is 2.56. The molecule has 2 rings (SSSR count). The van der Waals surface area contributed by atoms with Gasteiger partial charge in [0, 0.05) is 11.0 Å². The number of rotatable bonds is 5. The number of hydrogen-bond acceptors (Lipinski definition) is 4. The van der Waals surface area contributed by atoms with Crippen molar-refractivity contribution in [3.8, 4) is 5.88 Å². The quantitative estimate of drug-likeness (QED) is 0.885. The lowest BCUT2D eigenvalue weighted by atomic mass is 10.2. The number of benzene rings is 1. The predicted octanol–water partition coefficient (Wildman–Crippen LogP) is 3.44. The molecule has 0 aliphatic rings. The second kappa shape index (κ2) is 6.43. The number of nitrogens with zero attached hydrogens (tertiary/aromatic N) is 1.